The molecular formula is C18H17ClN4O4. The molecule has 3 aromatic rings. The standard InChI is InChI=1S/C18H17ClN4O4/c1-8-6-13-12(7-11(8)18(25)26-3)20-15(19)17-22-21-16(23(13)17)14(10-4-5-10)27-9(2)24/h6-7,10,14H,4-5H2,1-3H3. The molecule has 1 aliphatic carbocycles. The van der Waals surface area contributed by atoms with Crippen LogP contribution in [0.4, 0.5) is 0 Å². The quantitative estimate of drug-likeness (QED) is 0.634. The number of esters is 2. The van der Waals surface area contributed by atoms with Crippen LogP contribution in [0.15, 0.2) is 12.1 Å². The fraction of sp³-hybridized carbons (Fsp3) is 0.389. The van der Waals surface area contributed by atoms with Crippen LogP contribution < -0.4 is 0 Å². The Balaban J connectivity index is 1.99. The van der Waals surface area contributed by atoms with Crippen molar-refractivity contribution < 1.29 is 19.1 Å². The molecule has 0 radical (unpaired) electrons. The number of methoxy groups -OCH3 is 1. The van der Waals surface area contributed by atoms with Crippen LogP contribution in [0, 0.1) is 12.8 Å². The second kappa shape index (κ2) is 6.45. The lowest BCUT2D eigenvalue weighted by Crippen LogP contribution is -2.14. The van der Waals surface area contributed by atoms with Gasteiger partial charge < -0.3 is 9.47 Å². The third-order valence-electron chi connectivity index (χ3n) is 4.66. The number of ether oxygens (including phenoxy) is 2. The number of benzene rings is 1. The number of halogens is 1. The Bertz CT molecular complexity index is 1090. The Hall–Kier alpha value is -2.74. The molecule has 1 saturated carbocycles. The molecule has 1 atom stereocenters. The summed E-state index contributed by atoms with van der Waals surface area (Å²) in [5.41, 5.74) is 2.67. The molecule has 1 aromatic carbocycles. The third kappa shape index (κ3) is 2.99. The van der Waals surface area contributed by atoms with Gasteiger partial charge in [-0.05, 0) is 37.5 Å². The largest absolute Gasteiger partial charge is 0.465 e. The van der Waals surface area contributed by atoms with Crippen molar-refractivity contribution >= 4 is 40.2 Å². The Morgan fingerprint density at radius 1 is 1.30 bits per heavy atom. The maximum Gasteiger partial charge on any atom is 0.338 e. The first-order valence-corrected chi connectivity index (χ1v) is 8.89. The molecule has 0 aliphatic heterocycles. The average molecular weight is 389 g/mol. The van der Waals surface area contributed by atoms with Gasteiger partial charge in [0.25, 0.3) is 0 Å². The minimum absolute atomic E-state index is 0.151. The molecule has 0 bridgehead atoms. The van der Waals surface area contributed by atoms with Gasteiger partial charge in [-0.1, -0.05) is 11.6 Å². The lowest BCUT2D eigenvalue weighted by Gasteiger charge is -2.16. The predicted octanol–water partition coefficient (Wildman–Crippen LogP) is 3.04. The maximum absolute atomic E-state index is 12.0. The number of carbonyl (C=O) groups excluding carboxylic acids is 2. The highest BCUT2D eigenvalue weighted by Gasteiger charge is 2.38. The fourth-order valence-corrected chi connectivity index (χ4v) is 3.44. The highest BCUT2D eigenvalue weighted by atomic mass is 35.5. The van der Waals surface area contributed by atoms with Gasteiger partial charge in [0.15, 0.2) is 22.7 Å². The zero-order valence-corrected chi connectivity index (χ0v) is 15.8. The second-order valence-electron chi connectivity index (χ2n) is 6.63. The van der Waals surface area contributed by atoms with Gasteiger partial charge in [-0.2, -0.15) is 0 Å². The summed E-state index contributed by atoms with van der Waals surface area (Å²) in [4.78, 5) is 27.9. The van der Waals surface area contributed by atoms with Crippen LogP contribution in [0.2, 0.25) is 5.15 Å². The predicted molar refractivity (Wildman–Crippen MR) is 96.6 cm³/mol. The fourth-order valence-electron chi connectivity index (χ4n) is 3.22. The molecule has 8 nitrogen and oxygen atoms in total. The summed E-state index contributed by atoms with van der Waals surface area (Å²) < 4.78 is 12.1. The summed E-state index contributed by atoms with van der Waals surface area (Å²) in [6, 6.07) is 3.44. The van der Waals surface area contributed by atoms with Crippen molar-refractivity contribution in [3.63, 3.8) is 0 Å². The topological polar surface area (TPSA) is 95.7 Å². The molecule has 1 unspecified atom stereocenters. The van der Waals surface area contributed by atoms with Gasteiger partial charge in [0.1, 0.15) is 0 Å². The molecule has 0 N–H and O–H groups in total. The Labute approximate surface area is 159 Å². The van der Waals surface area contributed by atoms with Crippen LogP contribution in [0.25, 0.3) is 16.7 Å². The first-order chi connectivity index (χ1) is 12.9. The van der Waals surface area contributed by atoms with Crippen molar-refractivity contribution in [3.8, 4) is 0 Å². The minimum Gasteiger partial charge on any atom is -0.465 e. The summed E-state index contributed by atoms with van der Waals surface area (Å²) in [7, 11) is 1.33. The van der Waals surface area contributed by atoms with Gasteiger partial charge in [-0.25, -0.2) is 9.78 Å². The zero-order chi connectivity index (χ0) is 19.3. The number of carbonyl (C=O) groups is 2. The smallest absolute Gasteiger partial charge is 0.338 e. The average Bonchev–Trinajstić information content (AvgIpc) is 3.37. The van der Waals surface area contributed by atoms with E-state index < -0.39 is 12.1 Å². The molecule has 4 rings (SSSR count). The molecule has 1 fully saturated rings. The van der Waals surface area contributed by atoms with E-state index in [0.29, 0.717) is 28.1 Å². The summed E-state index contributed by atoms with van der Waals surface area (Å²) in [5.74, 6) is -0.120. The van der Waals surface area contributed by atoms with E-state index in [9.17, 15) is 9.59 Å². The van der Waals surface area contributed by atoms with Gasteiger partial charge in [-0.15, -0.1) is 10.2 Å². The Morgan fingerprint density at radius 3 is 2.67 bits per heavy atom. The number of aryl methyl sites for hydroxylation is 1. The molecule has 0 saturated heterocycles. The van der Waals surface area contributed by atoms with E-state index in [0.717, 1.165) is 18.4 Å². The molecule has 1 aliphatic rings. The van der Waals surface area contributed by atoms with Crippen LogP contribution in [-0.4, -0.2) is 38.6 Å². The van der Waals surface area contributed by atoms with Crippen LogP contribution in [0.3, 0.4) is 0 Å². The molecule has 0 amide bonds. The van der Waals surface area contributed by atoms with E-state index >= 15 is 0 Å². The first kappa shape index (κ1) is 17.7. The van der Waals surface area contributed by atoms with Gasteiger partial charge in [0.05, 0.1) is 23.7 Å². The molecule has 9 heteroatoms. The van der Waals surface area contributed by atoms with Crippen LogP contribution >= 0.6 is 11.6 Å². The van der Waals surface area contributed by atoms with Gasteiger partial charge in [-0.3, -0.25) is 9.20 Å². The van der Waals surface area contributed by atoms with Crippen molar-refractivity contribution in [2.45, 2.75) is 32.8 Å². The van der Waals surface area contributed by atoms with E-state index in [1.54, 1.807) is 17.4 Å². The zero-order valence-electron chi connectivity index (χ0n) is 15.0. The third-order valence-corrected chi connectivity index (χ3v) is 4.91. The first-order valence-electron chi connectivity index (χ1n) is 8.51. The highest BCUT2D eigenvalue weighted by Crippen LogP contribution is 2.43. The molecule has 0 spiro atoms. The summed E-state index contributed by atoms with van der Waals surface area (Å²) in [6.07, 6.45) is 1.41. The van der Waals surface area contributed by atoms with Gasteiger partial charge >= 0.3 is 11.9 Å². The molecule has 140 valence electrons. The number of fused-ring (bicyclic) bond motifs is 3. The van der Waals surface area contributed by atoms with Crippen molar-refractivity contribution in [1.29, 1.82) is 0 Å². The molecule has 27 heavy (non-hydrogen) atoms. The molecule has 2 heterocycles. The summed E-state index contributed by atoms with van der Waals surface area (Å²) >= 11 is 6.30. The van der Waals surface area contributed by atoms with Crippen LogP contribution in [-0.2, 0) is 14.3 Å². The number of aromatic nitrogens is 4. The summed E-state index contributed by atoms with van der Waals surface area (Å²) in [5, 5.41) is 8.54. The van der Waals surface area contributed by atoms with E-state index in [2.05, 4.69) is 15.2 Å². The lowest BCUT2D eigenvalue weighted by molar-refractivity contribution is -0.148. The highest BCUT2D eigenvalue weighted by molar-refractivity contribution is 6.32. The number of nitrogens with zero attached hydrogens (tertiary/aromatic N) is 4. The Kier molecular flexibility index (Phi) is 4.22. The van der Waals surface area contributed by atoms with Crippen LogP contribution in [0.1, 0.15) is 47.6 Å². The van der Waals surface area contributed by atoms with Crippen molar-refractivity contribution in [1.82, 2.24) is 19.6 Å². The van der Waals surface area contributed by atoms with Crippen molar-refractivity contribution in [3.05, 3.63) is 34.2 Å². The normalized spacial score (nSPS) is 15.1. The van der Waals surface area contributed by atoms with Gasteiger partial charge in [0, 0.05) is 12.8 Å². The number of hydrogen-bond acceptors (Lipinski definition) is 7. The lowest BCUT2D eigenvalue weighted by atomic mass is 10.1. The molecule has 2 aromatic heterocycles. The van der Waals surface area contributed by atoms with E-state index in [4.69, 9.17) is 21.1 Å². The Morgan fingerprint density at radius 2 is 2.04 bits per heavy atom. The van der Waals surface area contributed by atoms with E-state index in [1.807, 2.05) is 6.07 Å². The maximum atomic E-state index is 12.0. The van der Waals surface area contributed by atoms with E-state index in [1.165, 1.54) is 14.0 Å². The second-order valence-corrected chi connectivity index (χ2v) is 6.99. The molecular weight excluding hydrogens is 372 g/mol. The van der Waals surface area contributed by atoms with Crippen molar-refractivity contribution in [2.75, 3.05) is 7.11 Å². The van der Waals surface area contributed by atoms with Gasteiger partial charge in [0.2, 0.25) is 0 Å². The number of rotatable bonds is 4. The SMILES string of the molecule is COC(=O)c1cc2nc(Cl)c3nnc(C(OC(C)=O)C4CC4)n3c2cc1C. The summed E-state index contributed by atoms with van der Waals surface area (Å²) in [6.45, 7) is 3.18. The number of hydrogen-bond donors (Lipinski definition) is 0. The monoisotopic (exact) mass is 388 g/mol. The van der Waals surface area contributed by atoms with Crippen molar-refractivity contribution in [2.24, 2.45) is 5.92 Å². The van der Waals surface area contributed by atoms with E-state index in [-0.39, 0.29) is 17.0 Å². The minimum atomic E-state index is -0.500. The van der Waals surface area contributed by atoms with Crippen LogP contribution in [0.5, 0.6) is 0 Å².